The molecule has 0 saturated carbocycles. The third-order valence-corrected chi connectivity index (χ3v) is 5.68. The van der Waals surface area contributed by atoms with Gasteiger partial charge in [0, 0.05) is 25.3 Å². The zero-order valence-corrected chi connectivity index (χ0v) is 20.6. The van der Waals surface area contributed by atoms with E-state index in [1.54, 1.807) is 0 Å². The van der Waals surface area contributed by atoms with E-state index in [0.717, 1.165) is 0 Å². The first-order chi connectivity index (χ1) is 17.4. The number of halogens is 6. The van der Waals surface area contributed by atoms with Gasteiger partial charge in [0.2, 0.25) is 0 Å². The predicted octanol–water partition coefficient (Wildman–Crippen LogP) is 4.85. The summed E-state index contributed by atoms with van der Waals surface area (Å²) in [5.41, 5.74) is -3.42. The summed E-state index contributed by atoms with van der Waals surface area (Å²) >= 11 is 1.40. The summed E-state index contributed by atoms with van der Waals surface area (Å²) in [6.45, 7) is 5.28. The first kappa shape index (κ1) is 28.5. The lowest BCUT2D eigenvalue weighted by Gasteiger charge is -2.14. The molecule has 8 nitrogen and oxygen atoms in total. The van der Waals surface area contributed by atoms with Crippen molar-refractivity contribution in [2.75, 3.05) is 37.4 Å². The summed E-state index contributed by atoms with van der Waals surface area (Å²) in [6, 6.07) is 0.739. The van der Waals surface area contributed by atoms with E-state index in [4.69, 9.17) is 4.74 Å². The molecule has 2 N–H and O–H groups in total. The number of carbonyl (C=O) groups excluding carboxylic acids is 1. The van der Waals surface area contributed by atoms with Gasteiger partial charge in [-0.25, -0.2) is 14.6 Å². The number of anilines is 1. The lowest BCUT2D eigenvalue weighted by molar-refractivity contribution is -0.143. The third kappa shape index (κ3) is 7.47. The van der Waals surface area contributed by atoms with Gasteiger partial charge in [-0.2, -0.15) is 31.4 Å². The molecule has 2 heterocycles. The molecule has 0 radical (unpaired) electrons. The summed E-state index contributed by atoms with van der Waals surface area (Å²) in [5.74, 6) is 0.174. The van der Waals surface area contributed by atoms with Crippen molar-refractivity contribution < 1.29 is 35.9 Å². The number of hydrogen-bond donors (Lipinski definition) is 2. The molecule has 0 aliphatic rings. The van der Waals surface area contributed by atoms with Gasteiger partial charge >= 0.3 is 12.4 Å². The largest absolute Gasteiger partial charge is 0.416 e. The number of nitrogens with one attached hydrogen (secondary N) is 2. The van der Waals surface area contributed by atoms with E-state index in [1.165, 1.54) is 22.6 Å². The fourth-order valence-corrected chi connectivity index (χ4v) is 3.84. The van der Waals surface area contributed by atoms with Crippen LogP contribution in [0.25, 0.3) is 11.0 Å². The normalized spacial score (nSPS) is 12.2. The average Bonchev–Trinajstić information content (AvgIpc) is 3.23. The zero-order valence-electron chi connectivity index (χ0n) is 19.8. The quantitative estimate of drug-likeness (QED) is 0.153. The summed E-state index contributed by atoms with van der Waals surface area (Å²) in [4.78, 5) is 21.4. The second-order valence-corrected chi connectivity index (χ2v) is 8.80. The predicted molar refractivity (Wildman–Crippen MR) is 125 cm³/mol. The average molecular weight is 551 g/mol. The van der Waals surface area contributed by atoms with Gasteiger partial charge in [0.1, 0.15) is 5.82 Å². The number of benzene rings is 1. The van der Waals surface area contributed by atoms with Crippen LogP contribution in [0.1, 0.15) is 35.3 Å². The third-order valence-electron chi connectivity index (χ3n) is 4.95. The van der Waals surface area contributed by atoms with Crippen LogP contribution in [0.3, 0.4) is 0 Å². The van der Waals surface area contributed by atoms with E-state index in [0.29, 0.717) is 59.7 Å². The Hall–Kier alpha value is -3.07. The molecule has 37 heavy (non-hydrogen) atoms. The Balaban J connectivity index is 1.77. The van der Waals surface area contributed by atoms with Gasteiger partial charge in [-0.15, -0.1) is 0 Å². The minimum atomic E-state index is -5.05. The Morgan fingerprint density at radius 3 is 2.30 bits per heavy atom. The highest BCUT2D eigenvalue weighted by atomic mass is 32.2. The first-order valence-electron chi connectivity index (χ1n) is 11.2. The highest BCUT2D eigenvalue weighted by Crippen LogP contribution is 2.36. The molecular formula is C22H24F6N6O2S. The van der Waals surface area contributed by atoms with E-state index in [2.05, 4.69) is 25.7 Å². The molecule has 1 aromatic carbocycles. The fraction of sp³-hybridized carbons (Fsp3) is 0.455. The molecule has 0 unspecified atom stereocenters. The second-order valence-electron chi connectivity index (χ2n) is 7.57. The second kappa shape index (κ2) is 12.0. The topological polar surface area (TPSA) is 94.0 Å². The number of alkyl halides is 6. The maximum atomic E-state index is 13.1. The van der Waals surface area contributed by atoms with Gasteiger partial charge in [0.05, 0.1) is 35.9 Å². The molecule has 0 atom stereocenters. The Morgan fingerprint density at radius 2 is 1.70 bits per heavy atom. The molecule has 0 saturated heterocycles. The SMILES string of the molecule is CCOCCNc1nc(SCC)nc2c1cnn2CCNC(=O)c1cc(C(F)(F)F)cc(C(F)(F)F)c1. The zero-order chi connectivity index (χ0) is 27.2. The maximum absolute atomic E-state index is 13.1. The van der Waals surface area contributed by atoms with Crippen LogP contribution < -0.4 is 10.6 Å². The summed E-state index contributed by atoms with van der Waals surface area (Å²) < 4.78 is 85.3. The lowest BCUT2D eigenvalue weighted by atomic mass is 10.0. The lowest BCUT2D eigenvalue weighted by Crippen LogP contribution is -2.28. The van der Waals surface area contributed by atoms with Crippen LogP contribution in [-0.4, -0.2) is 57.7 Å². The van der Waals surface area contributed by atoms with Crippen LogP contribution in [0.4, 0.5) is 32.2 Å². The Kier molecular flexibility index (Phi) is 9.23. The van der Waals surface area contributed by atoms with E-state index < -0.39 is 35.0 Å². The molecule has 1 amide bonds. The molecule has 2 aromatic heterocycles. The van der Waals surface area contributed by atoms with E-state index in [1.807, 2.05) is 13.8 Å². The van der Waals surface area contributed by atoms with Crippen LogP contribution >= 0.6 is 11.8 Å². The summed E-state index contributed by atoms with van der Waals surface area (Å²) in [6.07, 6.45) is -8.57. The van der Waals surface area contributed by atoms with Gasteiger partial charge in [-0.3, -0.25) is 4.79 Å². The molecular weight excluding hydrogens is 526 g/mol. The number of carbonyl (C=O) groups is 1. The molecule has 0 aliphatic carbocycles. The molecule has 3 aromatic rings. The van der Waals surface area contributed by atoms with Gasteiger partial charge in [0.15, 0.2) is 10.8 Å². The van der Waals surface area contributed by atoms with Crippen molar-refractivity contribution in [2.45, 2.75) is 37.9 Å². The van der Waals surface area contributed by atoms with Crippen molar-refractivity contribution in [3.63, 3.8) is 0 Å². The van der Waals surface area contributed by atoms with Crippen molar-refractivity contribution >= 4 is 34.5 Å². The van der Waals surface area contributed by atoms with E-state index in [9.17, 15) is 31.1 Å². The first-order valence-corrected chi connectivity index (χ1v) is 12.2. The smallest absolute Gasteiger partial charge is 0.380 e. The van der Waals surface area contributed by atoms with Gasteiger partial charge in [-0.05, 0) is 30.9 Å². The van der Waals surface area contributed by atoms with Crippen LogP contribution in [0.15, 0.2) is 29.6 Å². The standard InChI is InChI=1S/C22H24F6N6O2S/c1-3-36-8-6-29-17-16-12-31-34(18(16)33-20(32-17)37-4-2)7-5-30-19(35)13-9-14(21(23,24)25)11-15(10-13)22(26,27)28/h9-12H,3-8H2,1-2H3,(H,30,35)(H,29,32,33). The molecule has 0 spiro atoms. The number of ether oxygens (including phenoxy) is 1. The van der Waals surface area contributed by atoms with Crippen LogP contribution in [-0.2, 0) is 23.6 Å². The molecule has 0 fully saturated rings. The number of thioether (sulfide) groups is 1. The molecule has 0 bridgehead atoms. The summed E-state index contributed by atoms with van der Waals surface area (Å²) in [5, 5.41) is 10.9. The fourth-order valence-electron chi connectivity index (χ4n) is 3.28. The monoisotopic (exact) mass is 550 g/mol. The van der Waals surface area contributed by atoms with Crippen LogP contribution in [0.2, 0.25) is 0 Å². The van der Waals surface area contributed by atoms with Crippen LogP contribution in [0, 0.1) is 0 Å². The minimum absolute atomic E-state index is 0.0295. The van der Waals surface area contributed by atoms with Crippen molar-refractivity contribution in [1.82, 2.24) is 25.1 Å². The maximum Gasteiger partial charge on any atom is 0.416 e. The highest BCUT2D eigenvalue weighted by Gasteiger charge is 2.37. The van der Waals surface area contributed by atoms with Gasteiger partial charge < -0.3 is 15.4 Å². The Bertz CT molecular complexity index is 1200. The van der Waals surface area contributed by atoms with Gasteiger partial charge in [0.25, 0.3) is 5.91 Å². The summed E-state index contributed by atoms with van der Waals surface area (Å²) in [7, 11) is 0. The van der Waals surface area contributed by atoms with E-state index >= 15 is 0 Å². The number of hydrogen-bond acceptors (Lipinski definition) is 7. The van der Waals surface area contributed by atoms with Crippen molar-refractivity contribution in [2.24, 2.45) is 0 Å². The Morgan fingerprint density at radius 1 is 1.03 bits per heavy atom. The highest BCUT2D eigenvalue weighted by molar-refractivity contribution is 7.99. The van der Waals surface area contributed by atoms with Crippen molar-refractivity contribution in [1.29, 1.82) is 0 Å². The number of amides is 1. The molecule has 3 rings (SSSR count). The van der Waals surface area contributed by atoms with Crippen LogP contribution in [0.5, 0.6) is 0 Å². The number of fused-ring (bicyclic) bond motifs is 1. The van der Waals surface area contributed by atoms with Crippen molar-refractivity contribution in [3.8, 4) is 0 Å². The minimum Gasteiger partial charge on any atom is -0.380 e. The number of nitrogens with zero attached hydrogens (tertiary/aromatic N) is 4. The number of rotatable bonds is 11. The molecule has 0 aliphatic heterocycles. The van der Waals surface area contributed by atoms with Gasteiger partial charge in [-0.1, -0.05) is 18.7 Å². The Labute approximate surface area is 212 Å². The molecule has 15 heteroatoms. The van der Waals surface area contributed by atoms with E-state index in [-0.39, 0.29) is 19.2 Å². The number of aromatic nitrogens is 4. The molecule has 202 valence electrons. The van der Waals surface area contributed by atoms with Crippen molar-refractivity contribution in [3.05, 3.63) is 41.1 Å².